The summed E-state index contributed by atoms with van der Waals surface area (Å²) in [6.45, 7) is 9.58. The molecule has 0 fully saturated rings. The van der Waals surface area contributed by atoms with Crippen molar-refractivity contribution in [2.24, 2.45) is 0 Å². The highest BCUT2D eigenvalue weighted by atomic mass is 14.8. The van der Waals surface area contributed by atoms with Crippen LogP contribution in [0, 0.1) is 0 Å². The van der Waals surface area contributed by atoms with Crippen molar-refractivity contribution in [1.82, 2.24) is 9.97 Å². The van der Waals surface area contributed by atoms with Gasteiger partial charge in [0, 0.05) is 11.1 Å². The molecular weight excluding hydrogens is 629 g/mol. The molecule has 1 aromatic heterocycles. The van der Waals surface area contributed by atoms with Crippen LogP contribution in [-0.4, -0.2) is 9.97 Å². The molecule has 2 heteroatoms. The minimum Gasteiger partial charge on any atom is -0.244 e. The van der Waals surface area contributed by atoms with Gasteiger partial charge in [0.2, 0.25) is 0 Å². The van der Waals surface area contributed by atoms with Gasteiger partial charge in [-0.15, -0.1) is 0 Å². The van der Waals surface area contributed by atoms with E-state index in [1.165, 1.54) is 55.6 Å². The highest BCUT2D eigenvalue weighted by Gasteiger charge is 2.46. The SMILES string of the molecule is CC1(C)c2ccc(-c3cccc(-c4ccccc4)c3)cc2-c2ccc(-c3nc4ccccc4nc3-c3ccc(-c4ccccc4)cc3)cc2C1(C)C. The fraction of sp³-hybridized carbons (Fsp3) is 0.120. The minimum absolute atomic E-state index is 0.121. The summed E-state index contributed by atoms with van der Waals surface area (Å²) in [5.74, 6) is 0. The number of nitrogens with zero attached hydrogens (tertiary/aromatic N) is 2. The molecule has 1 aliphatic carbocycles. The zero-order chi connectivity index (χ0) is 35.5. The molecule has 1 aliphatic rings. The van der Waals surface area contributed by atoms with Crippen LogP contribution in [0.2, 0.25) is 0 Å². The Morgan fingerprint density at radius 3 is 1.40 bits per heavy atom. The maximum absolute atomic E-state index is 5.30. The van der Waals surface area contributed by atoms with Crippen LogP contribution >= 0.6 is 0 Å². The second kappa shape index (κ2) is 12.3. The van der Waals surface area contributed by atoms with Gasteiger partial charge < -0.3 is 0 Å². The van der Waals surface area contributed by atoms with Crippen LogP contribution in [0.25, 0.3) is 78.1 Å². The van der Waals surface area contributed by atoms with Crippen LogP contribution in [0.3, 0.4) is 0 Å². The number of rotatable bonds is 5. The first-order chi connectivity index (χ1) is 25.3. The normalized spacial score (nSPS) is 14.1. The lowest BCUT2D eigenvalue weighted by molar-refractivity contribution is 0.299. The fourth-order valence-corrected chi connectivity index (χ4v) is 7.97. The summed E-state index contributed by atoms with van der Waals surface area (Å²) in [5, 5.41) is 0. The van der Waals surface area contributed by atoms with Crippen molar-refractivity contribution in [3.8, 4) is 67.0 Å². The molecule has 0 saturated heterocycles. The molecule has 0 atom stereocenters. The van der Waals surface area contributed by atoms with Gasteiger partial charge in [0.25, 0.3) is 0 Å². The Morgan fingerprint density at radius 2 is 0.750 bits per heavy atom. The largest absolute Gasteiger partial charge is 0.244 e. The van der Waals surface area contributed by atoms with Crippen molar-refractivity contribution < 1.29 is 0 Å². The Balaban J connectivity index is 1.18. The van der Waals surface area contributed by atoms with E-state index in [0.29, 0.717) is 0 Å². The lowest BCUT2D eigenvalue weighted by atomic mass is 9.55. The van der Waals surface area contributed by atoms with E-state index in [1.54, 1.807) is 0 Å². The molecule has 0 amide bonds. The molecular formula is C50H40N2. The summed E-state index contributed by atoms with van der Waals surface area (Å²) in [5.41, 5.74) is 18.0. The third-order valence-electron chi connectivity index (χ3n) is 11.7. The van der Waals surface area contributed by atoms with Gasteiger partial charge in [0.15, 0.2) is 0 Å². The molecule has 9 rings (SSSR count). The summed E-state index contributed by atoms with van der Waals surface area (Å²) in [4.78, 5) is 10.6. The average Bonchev–Trinajstić information content (AvgIpc) is 3.20. The van der Waals surface area contributed by atoms with Gasteiger partial charge in [0.1, 0.15) is 0 Å². The van der Waals surface area contributed by atoms with E-state index in [9.17, 15) is 0 Å². The summed E-state index contributed by atoms with van der Waals surface area (Å²) in [6.07, 6.45) is 0. The van der Waals surface area contributed by atoms with Crippen molar-refractivity contribution in [2.45, 2.75) is 38.5 Å². The minimum atomic E-state index is -0.151. The molecule has 2 nitrogen and oxygen atoms in total. The van der Waals surface area contributed by atoms with E-state index in [4.69, 9.17) is 9.97 Å². The first kappa shape index (κ1) is 31.8. The summed E-state index contributed by atoms with van der Waals surface area (Å²) in [7, 11) is 0. The molecule has 1 heterocycles. The van der Waals surface area contributed by atoms with Gasteiger partial charge >= 0.3 is 0 Å². The van der Waals surface area contributed by atoms with Crippen molar-refractivity contribution in [3.05, 3.63) is 181 Å². The Labute approximate surface area is 306 Å². The first-order valence-corrected chi connectivity index (χ1v) is 18.2. The van der Waals surface area contributed by atoms with E-state index in [-0.39, 0.29) is 10.8 Å². The third kappa shape index (κ3) is 5.26. The van der Waals surface area contributed by atoms with E-state index in [1.807, 2.05) is 12.1 Å². The first-order valence-electron chi connectivity index (χ1n) is 18.2. The van der Waals surface area contributed by atoms with Gasteiger partial charge in [-0.25, -0.2) is 9.97 Å². The zero-order valence-electron chi connectivity index (χ0n) is 30.1. The molecule has 0 unspecified atom stereocenters. The quantitative estimate of drug-likeness (QED) is 0.182. The smallest absolute Gasteiger partial charge is 0.0973 e. The fourth-order valence-electron chi connectivity index (χ4n) is 7.97. The summed E-state index contributed by atoms with van der Waals surface area (Å²) >= 11 is 0. The lowest BCUT2D eigenvalue weighted by Gasteiger charge is -2.48. The van der Waals surface area contributed by atoms with Crippen molar-refractivity contribution >= 4 is 11.0 Å². The number of hydrogen-bond donors (Lipinski definition) is 0. The average molecular weight is 669 g/mol. The maximum atomic E-state index is 5.30. The predicted octanol–water partition coefficient (Wildman–Crippen LogP) is 13.2. The Morgan fingerprint density at radius 1 is 0.308 bits per heavy atom. The molecule has 0 saturated carbocycles. The maximum Gasteiger partial charge on any atom is 0.0973 e. The monoisotopic (exact) mass is 668 g/mol. The van der Waals surface area contributed by atoms with Crippen LogP contribution in [0.4, 0.5) is 0 Å². The summed E-state index contributed by atoms with van der Waals surface area (Å²) < 4.78 is 0. The highest BCUT2D eigenvalue weighted by molar-refractivity contribution is 5.89. The van der Waals surface area contributed by atoms with Gasteiger partial charge in [-0.2, -0.15) is 0 Å². The van der Waals surface area contributed by atoms with Gasteiger partial charge in [-0.1, -0.05) is 167 Å². The van der Waals surface area contributed by atoms with Crippen molar-refractivity contribution in [3.63, 3.8) is 0 Å². The number of aromatic nitrogens is 2. The van der Waals surface area contributed by atoms with E-state index in [0.717, 1.165) is 33.5 Å². The Hall–Kier alpha value is -6.12. The number of benzene rings is 7. The van der Waals surface area contributed by atoms with E-state index >= 15 is 0 Å². The molecule has 0 aliphatic heterocycles. The highest BCUT2D eigenvalue weighted by Crippen LogP contribution is 2.55. The standard InChI is InChI=1S/C50H40N2/c1-49(2)43-29-27-39(38-19-13-18-37(30-38)34-16-9-6-10-17-34)31-42(43)41-28-26-40(32-44(41)50(49,3)4)48-47(51-45-20-11-12-21-46(45)52-48)36-24-22-35(23-25-36)33-14-7-5-8-15-33/h5-32H,1-4H3. The van der Waals surface area contributed by atoms with Crippen molar-refractivity contribution in [1.29, 1.82) is 0 Å². The molecule has 0 spiro atoms. The molecule has 8 aromatic rings. The van der Waals surface area contributed by atoms with E-state index < -0.39 is 0 Å². The van der Waals surface area contributed by atoms with Crippen LogP contribution in [-0.2, 0) is 10.8 Å². The lowest BCUT2D eigenvalue weighted by Crippen LogP contribution is -2.43. The summed E-state index contributed by atoms with van der Waals surface area (Å²) in [6, 6.07) is 61.0. The van der Waals surface area contributed by atoms with Crippen LogP contribution in [0.5, 0.6) is 0 Å². The molecule has 52 heavy (non-hydrogen) atoms. The third-order valence-corrected chi connectivity index (χ3v) is 11.7. The van der Waals surface area contributed by atoms with Crippen LogP contribution in [0.15, 0.2) is 170 Å². The second-order valence-electron chi connectivity index (χ2n) is 15.1. The van der Waals surface area contributed by atoms with Crippen LogP contribution < -0.4 is 0 Å². The molecule has 0 radical (unpaired) electrons. The Kier molecular flexibility index (Phi) is 7.52. The topological polar surface area (TPSA) is 25.8 Å². The molecule has 0 N–H and O–H groups in total. The number of para-hydroxylation sites is 2. The molecule has 7 aromatic carbocycles. The predicted molar refractivity (Wildman–Crippen MR) is 218 cm³/mol. The number of fused-ring (bicyclic) bond motifs is 4. The van der Waals surface area contributed by atoms with Crippen molar-refractivity contribution in [2.75, 3.05) is 0 Å². The van der Waals surface area contributed by atoms with Crippen LogP contribution in [0.1, 0.15) is 38.8 Å². The van der Waals surface area contributed by atoms with Gasteiger partial charge in [-0.3, -0.25) is 0 Å². The second-order valence-corrected chi connectivity index (χ2v) is 15.1. The zero-order valence-corrected chi connectivity index (χ0v) is 30.1. The molecule has 0 bridgehead atoms. The molecule has 250 valence electrons. The van der Waals surface area contributed by atoms with Gasteiger partial charge in [-0.05, 0) is 96.8 Å². The Bertz CT molecular complexity index is 2600. The van der Waals surface area contributed by atoms with E-state index in [2.05, 4.69) is 185 Å². The van der Waals surface area contributed by atoms with Gasteiger partial charge in [0.05, 0.1) is 22.4 Å². The number of hydrogen-bond acceptors (Lipinski definition) is 2.